The molecule has 0 saturated heterocycles. The second-order valence-corrected chi connectivity index (χ2v) is 7.10. The van der Waals surface area contributed by atoms with Crippen molar-refractivity contribution in [2.45, 2.75) is 31.9 Å². The van der Waals surface area contributed by atoms with Crippen LogP contribution in [-0.4, -0.2) is 20.1 Å². The van der Waals surface area contributed by atoms with Gasteiger partial charge in [0.15, 0.2) is 0 Å². The van der Waals surface area contributed by atoms with Crippen LogP contribution in [0.3, 0.4) is 0 Å². The highest BCUT2D eigenvalue weighted by Crippen LogP contribution is 2.27. The molecule has 0 amide bonds. The summed E-state index contributed by atoms with van der Waals surface area (Å²) in [5.41, 5.74) is 0.694. The zero-order valence-corrected chi connectivity index (χ0v) is 15.7. The lowest BCUT2D eigenvalue weighted by Gasteiger charge is -2.31. The number of hydrogen-bond acceptors (Lipinski definition) is 4. The highest BCUT2D eigenvalue weighted by Gasteiger charge is 2.27. The van der Waals surface area contributed by atoms with E-state index in [-0.39, 0.29) is 5.69 Å². The normalized spacial score (nSPS) is 13.1. The molecule has 1 atom stereocenters. The minimum Gasteiger partial charge on any atom is -0.486 e. The first-order chi connectivity index (χ1) is 12.9. The van der Waals surface area contributed by atoms with Crippen LogP contribution >= 0.6 is 11.6 Å². The summed E-state index contributed by atoms with van der Waals surface area (Å²) < 4.78 is 8.22. The van der Waals surface area contributed by atoms with Crippen LogP contribution in [0.1, 0.15) is 18.9 Å². The first-order valence-corrected chi connectivity index (χ1v) is 8.95. The quantitative estimate of drug-likeness (QED) is 0.408. The number of benzene rings is 2. The summed E-state index contributed by atoms with van der Waals surface area (Å²) in [6, 6.07) is 13.9. The molecular weight excluding hydrogens is 366 g/mol. The second-order valence-electron chi connectivity index (χ2n) is 6.66. The number of aromatic nitrogens is 2. The summed E-state index contributed by atoms with van der Waals surface area (Å²) in [4.78, 5) is 14.5. The average Bonchev–Trinajstić information content (AvgIpc) is 3.14. The van der Waals surface area contributed by atoms with Gasteiger partial charge in [-0.2, -0.15) is 0 Å². The molecule has 1 heterocycles. The Labute approximate surface area is 162 Å². The number of rotatable bonds is 8. The standard InChI is InChI=1S/C20H20ClN3O3/c1-20(14-23-13-12-22-15-23,11-10-16-2-4-17(21)5-3-16)27-19-8-6-18(7-9-19)24(25)26/h2-9,12-13,15H,10-11,14H2,1H3. The van der Waals surface area contributed by atoms with Gasteiger partial charge in [-0.15, -0.1) is 0 Å². The Bertz CT molecular complexity index is 880. The Hall–Kier alpha value is -2.86. The summed E-state index contributed by atoms with van der Waals surface area (Å²) in [5.74, 6) is 0.597. The van der Waals surface area contributed by atoms with Gasteiger partial charge >= 0.3 is 0 Å². The maximum absolute atomic E-state index is 10.8. The van der Waals surface area contributed by atoms with E-state index in [1.807, 2.05) is 42.0 Å². The van der Waals surface area contributed by atoms with Crippen LogP contribution in [0.5, 0.6) is 5.75 Å². The molecule has 0 N–H and O–H groups in total. The van der Waals surface area contributed by atoms with Crippen LogP contribution in [0.15, 0.2) is 67.3 Å². The molecule has 0 spiro atoms. The molecule has 6 nitrogen and oxygen atoms in total. The summed E-state index contributed by atoms with van der Waals surface area (Å²) >= 11 is 5.96. The van der Waals surface area contributed by atoms with E-state index in [4.69, 9.17) is 16.3 Å². The Morgan fingerprint density at radius 3 is 2.48 bits per heavy atom. The van der Waals surface area contributed by atoms with Gasteiger partial charge in [-0.3, -0.25) is 10.1 Å². The molecule has 0 aliphatic carbocycles. The minimum atomic E-state index is -0.517. The number of ether oxygens (including phenoxy) is 1. The predicted octanol–water partition coefficient (Wildman–Crippen LogP) is 4.92. The number of halogens is 1. The fraction of sp³-hybridized carbons (Fsp3) is 0.250. The van der Waals surface area contributed by atoms with Crippen molar-refractivity contribution in [3.8, 4) is 5.75 Å². The number of nitrogens with zero attached hydrogens (tertiary/aromatic N) is 3. The van der Waals surface area contributed by atoms with E-state index >= 15 is 0 Å². The molecule has 3 aromatic rings. The molecule has 3 rings (SSSR count). The van der Waals surface area contributed by atoms with Gasteiger partial charge in [0.1, 0.15) is 11.4 Å². The van der Waals surface area contributed by atoms with E-state index in [1.54, 1.807) is 24.7 Å². The number of nitro groups is 1. The van der Waals surface area contributed by atoms with E-state index in [1.165, 1.54) is 17.7 Å². The van der Waals surface area contributed by atoms with Crippen molar-refractivity contribution in [3.05, 3.63) is 88.0 Å². The minimum absolute atomic E-state index is 0.0415. The zero-order chi connectivity index (χ0) is 19.3. The number of imidazole rings is 1. The maximum atomic E-state index is 10.8. The average molecular weight is 386 g/mol. The van der Waals surface area contributed by atoms with Gasteiger partial charge in [0.2, 0.25) is 0 Å². The molecule has 0 aliphatic heterocycles. The van der Waals surface area contributed by atoms with E-state index in [0.29, 0.717) is 17.3 Å². The molecule has 0 fully saturated rings. The lowest BCUT2D eigenvalue weighted by atomic mass is 9.96. The van der Waals surface area contributed by atoms with Crippen LogP contribution in [0, 0.1) is 10.1 Å². The number of nitro benzene ring substituents is 1. The molecular formula is C20H20ClN3O3. The Kier molecular flexibility index (Phi) is 5.76. The molecule has 1 aromatic heterocycles. The molecule has 0 radical (unpaired) electrons. The van der Waals surface area contributed by atoms with Crippen molar-refractivity contribution in [2.24, 2.45) is 0 Å². The van der Waals surface area contributed by atoms with Crippen molar-refractivity contribution in [1.82, 2.24) is 9.55 Å². The Balaban J connectivity index is 1.76. The van der Waals surface area contributed by atoms with Crippen molar-refractivity contribution in [1.29, 1.82) is 0 Å². The summed E-state index contributed by atoms with van der Waals surface area (Å²) in [6.07, 6.45) is 6.93. The maximum Gasteiger partial charge on any atom is 0.269 e. The first kappa shape index (κ1) is 18.9. The summed E-state index contributed by atoms with van der Waals surface area (Å²) in [7, 11) is 0. The van der Waals surface area contributed by atoms with Crippen LogP contribution in [0.25, 0.3) is 0 Å². The second kappa shape index (κ2) is 8.22. The van der Waals surface area contributed by atoms with E-state index < -0.39 is 10.5 Å². The molecule has 0 saturated carbocycles. The molecule has 2 aromatic carbocycles. The van der Waals surface area contributed by atoms with Gasteiger partial charge in [0.25, 0.3) is 5.69 Å². The number of non-ortho nitro benzene ring substituents is 1. The van der Waals surface area contributed by atoms with E-state index in [2.05, 4.69) is 4.98 Å². The SMILES string of the molecule is CC(CCc1ccc(Cl)cc1)(Cn1ccnc1)Oc1ccc([N+](=O)[O-])cc1. The monoisotopic (exact) mass is 385 g/mol. The van der Waals surface area contributed by atoms with Crippen LogP contribution < -0.4 is 4.74 Å². The molecule has 27 heavy (non-hydrogen) atoms. The van der Waals surface area contributed by atoms with Gasteiger partial charge in [-0.05, 0) is 49.6 Å². The smallest absolute Gasteiger partial charge is 0.269 e. The van der Waals surface area contributed by atoms with Crippen LogP contribution in [-0.2, 0) is 13.0 Å². The fourth-order valence-electron chi connectivity index (χ4n) is 2.91. The van der Waals surface area contributed by atoms with Crippen molar-refractivity contribution in [3.63, 3.8) is 0 Å². The summed E-state index contributed by atoms with van der Waals surface area (Å²) in [6.45, 7) is 2.64. The van der Waals surface area contributed by atoms with E-state index in [9.17, 15) is 10.1 Å². The Morgan fingerprint density at radius 1 is 1.19 bits per heavy atom. The highest BCUT2D eigenvalue weighted by atomic mass is 35.5. The predicted molar refractivity (Wildman–Crippen MR) is 104 cm³/mol. The van der Waals surface area contributed by atoms with Crippen molar-refractivity contribution < 1.29 is 9.66 Å². The van der Waals surface area contributed by atoms with Crippen LogP contribution in [0.4, 0.5) is 5.69 Å². The third-order valence-electron chi connectivity index (χ3n) is 4.34. The highest BCUT2D eigenvalue weighted by molar-refractivity contribution is 6.30. The van der Waals surface area contributed by atoms with Gasteiger partial charge in [0, 0.05) is 29.5 Å². The summed E-state index contributed by atoms with van der Waals surface area (Å²) in [5, 5.41) is 11.5. The third-order valence-corrected chi connectivity index (χ3v) is 4.60. The molecule has 7 heteroatoms. The van der Waals surface area contributed by atoms with Gasteiger partial charge in [0.05, 0.1) is 17.8 Å². The number of hydrogen-bond donors (Lipinski definition) is 0. The first-order valence-electron chi connectivity index (χ1n) is 8.57. The van der Waals surface area contributed by atoms with Crippen LogP contribution in [0.2, 0.25) is 5.02 Å². The largest absolute Gasteiger partial charge is 0.486 e. The zero-order valence-electron chi connectivity index (χ0n) is 14.9. The molecule has 0 aliphatic rings. The van der Waals surface area contributed by atoms with E-state index in [0.717, 1.165) is 12.8 Å². The number of aryl methyl sites for hydroxylation is 1. The van der Waals surface area contributed by atoms with Crippen molar-refractivity contribution >= 4 is 17.3 Å². The lowest BCUT2D eigenvalue weighted by molar-refractivity contribution is -0.384. The molecule has 1 unspecified atom stereocenters. The van der Waals surface area contributed by atoms with Gasteiger partial charge in [-0.25, -0.2) is 4.98 Å². The van der Waals surface area contributed by atoms with Crippen molar-refractivity contribution in [2.75, 3.05) is 0 Å². The molecule has 140 valence electrons. The van der Waals surface area contributed by atoms with Gasteiger partial charge < -0.3 is 9.30 Å². The Morgan fingerprint density at radius 2 is 1.89 bits per heavy atom. The topological polar surface area (TPSA) is 70.2 Å². The van der Waals surface area contributed by atoms with Gasteiger partial charge in [-0.1, -0.05) is 23.7 Å². The molecule has 0 bridgehead atoms. The lowest BCUT2D eigenvalue weighted by Crippen LogP contribution is -2.37. The fourth-order valence-corrected chi connectivity index (χ4v) is 3.04. The third kappa shape index (κ3) is 5.31.